The molecule has 0 atom stereocenters. The molecule has 2 heterocycles. The molecule has 1 saturated carbocycles. The Labute approximate surface area is 62.1 Å². The molecule has 0 aromatic rings. The first-order valence-electron chi connectivity index (χ1n) is 3.16. The topological polar surface area (TPSA) is 29.1 Å². The van der Waals surface area contributed by atoms with Gasteiger partial charge >= 0.3 is 0 Å². The largest absolute Gasteiger partial charge is 0.354 e. The maximum Gasteiger partial charge on any atom is 0.223 e. The number of carbonyl (C=O) groups excluding carboxylic acids is 1. The average molecular weight is 190 g/mol. The van der Waals surface area contributed by atoms with Gasteiger partial charge in [0, 0.05) is 16.8 Å². The van der Waals surface area contributed by atoms with Crippen LogP contribution in [0.3, 0.4) is 0 Å². The normalized spacial score (nSPS) is 47.7. The second kappa shape index (κ2) is 1.51. The number of nitrogens with one attached hydrogen (secondary N) is 1. The predicted molar refractivity (Wildman–Crippen MR) is 37.4 cm³/mol. The lowest BCUT2D eigenvalue weighted by molar-refractivity contribution is -0.132. The lowest BCUT2D eigenvalue weighted by Gasteiger charge is -2.47. The third-order valence-electron chi connectivity index (χ3n) is 2.17. The van der Waals surface area contributed by atoms with Crippen LogP contribution in [-0.2, 0) is 4.79 Å². The van der Waals surface area contributed by atoms with Crippen LogP contribution >= 0.6 is 15.9 Å². The molecule has 3 fully saturated rings. The van der Waals surface area contributed by atoms with E-state index < -0.39 is 0 Å². The van der Waals surface area contributed by atoms with E-state index in [1.807, 2.05) is 0 Å². The summed E-state index contributed by atoms with van der Waals surface area (Å²) >= 11 is 3.57. The zero-order chi connectivity index (χ0) is 6.48. The van der Waals surface area contributed by atoms with E-state index in [1.54, 1.807) is 0 Å². The van der Waals surface area contributed by atoms with E-state index in [-0.39, 0.29) is 10.2 Å². The Bertz CT molecular complexity index is 157. The van der Waals surface area contributed by atoms with Gasteiger partial charge in [0.25, 0.3) is 0 Å². The van der Waals surface area contributed by atoms with E-state index in [9.17, 15) is 4.79 Å². The molecule has 0 spiro atoms. The third kappa shape index (κ3) is 0.707. The van der Waals surface area contributed by atoms with Crippen molar-refractivity contribution in [3.05, 3.63) is 0 Å². The summed E-state index contributed by atoms with van der Waals surface area (Å²) < 4.78 is 0.283. The van der Waals surface area contributed by atoms with Crippen molar-refractivity contribution in [2.75, 3.05) is 6.54 Å². The SMILES string of the molecule is O=C1NCC2(Br)CC1C2. The van der Waals surface area contributed by atoms with Crippen molar-refractivity contribution in [2.45, 2.75) is 17.2 Å². The highest BCUT2D eigenvalue weighted by Crippen LogP contribution is 2.46. The highest BCUT2D eigenvalue weighted by molar-refractivity contribution is 9.10. The van der Waals surface area contributed by atoms with Crippen molar-refractivity contribution in [3.8, 4) is 0 Å². The first-order chi connectivity index (χ1) is 4.20. The number of piperidine rings is 2. The third-order valence-corrected chi connectivity index (χ3v) is 3.10. The van der Waals surface area contributed by atoms with Gasteiger partial charge in [0.1, 0.15) is 0 Å². The molecule has 0 aromatic carbocycles. The molecule has 0 aromatic heterocycles. The number of fused-ring (bicyclic) bond motifs is 2. The summed E-state index contributed by atoms with van der Waals surface area (Å²) in [5.74, 6) is 0.564. The molecule has 0 unspecified atom stereocenters. The second-order valence-electron chi connectivity index (χ2n) is 2.97. The van der Waals surface area contributed by atoms with Crippen LogP contribution in [0.15, 0.2) is 0 Å². The van der Waals surface area contributed by atoms with Gasteiger partial charge in [-0.15, -0.1) is 0 Å². The Balaban J connectivity index is 2.13. The van der Waals surface area contributed by atoms with Crippen LogP contribution in [0.5, 0.6) is 0 Å². The maximum atomic E-state index is 10.8. The molecule has 0 radical (unpaired) electrons. The van der Waals surface area contributed by atoms with E-state index in [2.05, 4.69) is 21.2 Å². The number of carbonyl (C=O) groups is 1. The van der Waals surface area contributed by atoms with Crippen LogP contribution in [0.1, 0.15) is 12.8 Å². The highest BCUT2D eigenvalue weighted by atomic mass is 79.9. The summed E-state index contributed by atoms with van der Waals surface area (Å²) in [4.78, 5) is 10.8. The van der Waals surface area contributed by atoms with Crippen LogP contribution < -0.4 is 5.32 Å². The first-order valence-corrected chi connectivity index (χ1v) is 3.96. The molecule has 1 N–H and O–H groups in total. The van der Waals surface area contributed by atoms with Crippen LogP contribution in [0.25, 0.3) is 0 Å². The number of alkyl halides is 1. The number of hydrogen-bond donors (Lipinski definition) is 1. The van der Waals surface area contributed by atoms with Crippen molar-refractivity contribution in [3.63, 3.8) is 0 Å². The molecule has 2 aliphatic heterocycles. The molecule has 3 heteroatoms. The summed E-state index contributed by atoms with van der Waals surface area (Å²) in [6, 6.07) is 0. The monoisotopic (exact) mass is 189 g/mol. The molecule has 3 aliphatic rings. The van der Waals surface area contributed by atoms with Crippen LogP contribution in [-0.4, -0.2) is 16.8 Å². The summed E-state index contributed by atoms with van der Waals surface area (Å²) in [6.45, 7) is 0.822. The smallest absolute Gasteiger partial charge is 0.223 e. The average Bonchev–Trinajstić information content (AvgIpc) is 1.73. The Kier molecular flexibility index (Phi) is 0.958. The minimum Gasteiger partial charge on any atom is -0.354 e. The number of hydrogen-bond acceptors (Lipinski definition) is 1. The van der Waals surface area contributed by atoms with Crippen molar-refractivity contribution in [1.29, 1.82) is 0 Å². The summed E-state index contributed by atoms with van der Waals surface area (Å²) in [7, 11) is 0. The van der Waals surface area contributed by atoms with E-state index in [4.69, 9.17) is 0 Å². The Morgan fingerprint density at radius 3 is 2.67 bits per heavy atom. The Morgan fingerprint density at radius 1 is 1.67 bits per heavy atom. The van der Waals surface area contributed by atoms with Crippen LogP contribution in [0.4, 0.5) is 0 Å². The fourth-order valence-electron chi connectivity index (χ4n) is 1.54. The van der Waals surface area contributed by atoms with Crippen molar-refractivity contribution in [2.24, 2.45) is 5.92 Å². The van der Waals surface area contributed by atoms with Crippen LogP contribution in [0.2, 0.25) is 0 Å². The molecule has 1 aliphatic carbocycles. The first kappa shape index (κ1) is 5.71. The van der Waals surface area contributed by atoms with Gasteiger partial charge in [-0.2, -0.15) is 0 Å². The zero-order valence-electron chi connectivity index (χ0n) is 4.98. The summed E-state index contributed by atoms with van der Waals surface area (Å²) in [5.41, 5.74) is 0. The molecule has 1 amide bonds. The van der Waals surface area contributed by atoms with E-state index in [1.165, 1.54) is 0 Å². The Hall–Kier alpha value is -0.0500. The minimum absolute atomic E-state index is 0.247. The molecular formula is C6H8BrNO. The van der Waals surface area contributed by atoms with Gasteiger partial charge in [0.15, 0.2) is 0 Å². The molecule has 2 saturated heterocycles. The van der Waals surface area contributed by atoms with Gasteiger partial charge in [-0.05, 0) is 12.8 Å². The summed E-state index contributed by atoms with van der Waals surface area (Å²) in [6.07, 6.45) is 2.08. The van der Waals surface area contributed by atoms with Gasteiger partial charge in [-0.25, -0.2) is 0 Å². The van der Waals surface area contributed by atoms with E-state index >= 15 is 0 Å². The Morgan fingerprint density at radius 2 is 2.33 bits per heavy atom. The fourth-order valence-corrected chi connectivity index (χ4v) is 2.46. The molecule has 50 valence electrons. The minimum atomic E-state index is 0.247. The number of rotatable bonds is 0. The standard InChI is InChI=1S/C6H8BrNO/c7-6-1-4(2-6)5(9)8-3-6/h4H,1-3H2,(H,8,9). The quantitative estimate of drug-likeness (QED) is 0.558. The molecular weight excluding hydrogens is 182 g/mol. The van der Waals surface area contributed by atoms with Gasteiger partial charge in [-0.1, -0.05) is 15.9 Å². The molecule has 9 heavy (non-hydrogen) atoms. The zero-order valence-corrected chi connectivity index (χ0v) is 6.57. The van der Waals surface area contributed by atoms with Gasteiger partial charge in [-0.3, -0.25) is 4.79 Å². The van der Waals surface area contributed by atoms with E-state index in [0.29, 0.717) is 5.92 Å². The summed E-state index contributed by atoms with van der Waals surface area (Å²) in [5, 5.41) is 2.84. The highest BCUT2D eigenvalue weighted by Gasteiger charge is 2.49. The van der Waals surface area contributed by atoms with Gasteiger partial charge in [0.05, 0.1) is 0 Å². The molecule has 3 rings (SSSR count). The second-order valence-corrected chi connectivity index (χ2v) is 4.66. The van der Waals surface area contributed by atoms with Crippen molar-refractivity contribution < 1.29 is 4.79 Å². The fraction of sp³-hybridized carbons (Fsp3) is 0.833. The lowest BCUT2D eigenvalue weighted by Crippen LogP contribution is -2.59. The predicted octanol–water partition coefficient (Wildman–Crippen LogP) is 0.660. The van der Waals surface area contributed by atoms with Crippen molar-refractivity contribution >= 4 is 21.8 Å². The lowest BCUT2D eigenvalue weighted by atomic mass is 9.71. The van der Waals surface area contributed by atoms with Crippen molar-refractivity contribution in [1.82, 2.24) is 5.32 Å². The molecule has 2 nitrogen and oxygen atoms in total. The van der Waals surface area contributed by atoms with Gasteiger partial charge < -0.3 is 5.32 Å². The van der Waals surface area contributed by atoms with Crippen LogP contribution in [0, 0.1) is 5.92 Å². The van der Waals surface area contributed by atoms with E-state index in [0.717, 1.165) is 19.4 Å². The number of amides is 1. The maximum absolute atomic E-state index is 10.8. The molecule has 2 bridgehead atoms. The van der Waals surface area contributed by atoms with Gasteiger partial charge in [0.2, 0.25) is 5.91 Å². The number of halogens is 1.